The number of nitrogens with one attached hydrogen (secondary N) is 1. The zero-order valence-electron chi connectivity index (χ0n) is 8.63. The van der Waals surface area contributed by atoms with E-state index in [1.54, 1.807) is 13.1 Å². The van der Waals surface area contributed by atoms with Crippen LogP contribution in [0.2, 0.25) is 0 Å². The molecule has 4 heteroatoms. The SMILES string of the molecule is CCOC(=O)Nc1c(C)ccnc1C. The Balaban J connectivity index is 2.80. The minimum Gasteiger partial charge on any atom is -0.450 e. The molecule has 1 aromatic heterocycles. The summed E-state index contributed by atoms with van der Waals surface area (Å²) >= 11 is 0. The molecule has 0 atom stereocenters. The Labute approximate surface area is 83.3 Å². The van der Waals surface area contributed by atoms with Crippen LogP contribution in [-0.4, -0.2) is 17.7 Å². The first-order chi connectivity index (χ1) is 6.65. The van der Waals surface area contributed by atoms with E-state index in [1.165, 1.54) is 0 Å². The van der Waals surface area contributed by atoms with Gasteiger partial charge in [-0.1, -0.05) is 0 Å². The van der Waals surface area contributed by atoms with E-state index >= 15 is 0 Å². The van der Waals surface area contributed by atoms with Gasteiger partial charge in [0, 0.05) is 6.20 Å². The van der Waals surface area contributed by atoms with Gasteiger partial charge in [0.2, 0.25) is 0 Å². The summed E-state index contributed by atoms with van der Waals surface area (Å²) in [5, 5.41) is 2.66. The van der Waals surface area contributed by atoms with Gasteiger partial charge in [-0.3, -0.25) is 10.3 Å². The molecule has 76 valence electrons. The molecule has 0 saturated heterocycles. The van der Waals surface area contributed by atoms with Gasteiger partial charge in [0.15, 0.2) is 0 Å². The summed E-state index contributed by atoms with van der Waals surface area (Å²) in [6.45, 7) is 5.89. The summed E-state index contributed by atoms with van der Waals surface area (Å²) in [5.74, 6) is 0. The molecule has 1 heterocycles. The number of hydrogen-bond acceptors (Lipinski definition) is 3. The Morgan fingerprint density at radius 3 is 2.86 bits per heavy atom. The van der Waals surface area contributed by atoms with Crippen molar-refractivity contribution in [3.05, 3.63) is 23.5 Å². The smallest absolute Gasteiger partial charge is 0.411 e. The van der Waals surface area contributed by atoms with Crippen LogP contribution in [0.5, 0.6) is 0 Å². The largest absolute Gasteiger partial charge is 0.450 e. The maximum atomic E-state index is 11.2. The Hall–Kier alpha value is -1.58. The number of carbonyl (C=O) groups excluding carboxylic acids is 1. The van der Waals surface area contributed by atoms with Crippen LogP contribution >= 0.6 is 0 Å². The third-order valence-electron chi connectivity index (χ3n) is 1.85. The second-order valence-electron chi connectivity index (χ2n) is 2.93. The van der Waals surface area contributed by atoms with Crippen molar-refractivity contribution in [2.75, 3.05) is 11.9 Å². The predicted molar refractivity (Wildman–Crippen MR) is 54.4 cm³/mol. The molecule has 0 bridgehead atoms. The van der Waals surface area contributed by atoms with Gasteiger partial charge in [-0.15, -0.1) is 0 Å². The summed E-state index contributed by atoms with van der Waals surface area (Å²) in [6.07, 6.45) is 1.27. The number of ether oxygens (including phenoxy) is 1. The van der Waals surface area contributed by atoms with Gasteiger partial charge in [0.05, 0.1) is 18.0 Å². The molecule has 0 saturated carbocycles. The minimum absolute atomic E-state index is 0.365. The van der Waals surface area contributed by atoms with E-state index in [4.69, 9.17) is 4.74 Å². The third-order valence-corrected chi connectivity index (χ3v) is 1.85. The van der Waals surface area contributed by atoms with Gasteiger partial charge in [-0.25, -0.2) is 4.79 Å². The Bertz CT molecular complexity index is 317. The van der Waals surface area contributed by atoms with Crippen LogP contribution in [-0.2, 0) is 4.74 Å². The van der Waals surface area contributed by atoms with Gasteiger partial charge in [0.25, 0.3) is 0 Å². The van der Waals surface area contributed by atoms with Crippen molar-refractivity contribution >= 4 is 11.8 Å². The molecular formula is C10H14N2O2. The first kappa shape index (κ1) is 10.5. The van der Waals surface area contributed by atoms with Crippen LogP contribution in [0, 0.1) is 13.8 Å². The highest BCUT2D eigenvalue weighted by Gasteiger charge is 2.07. The average molecular weight is 194 g/mol. The van der Waals surface area contributed by atoms with Crippen LogP contribution in [0.25, 0.3) is 0 Å². The maximum Gasteiger partial charge on any atom is 0.411 e. The lowest BCUT2D eigenvalue weighted by Gasteiger charge is -2.09. The van der Waals surface area contributed by atoms with E-state index in [9.17, 15) is 4.79 Å². The van der Waals surface area contributed by atoms with Crippen LogP contribution in [0.3, 0.4) is 0 Å². The number of carbonyl (C=O) groups is 1. The quantitative estimate of drug-likeness (QED) is 0.785. The predicted octanol–water partition coefficient (Wildman–Crippen LogP) is 2.27. The first-order valence-corrected chi connectivity index (χ1v) is 4.51. The first-order valence-electron chi connectivity index (χ1n) is 4.51. The molecule has 0 aromatic carbocycles. The summed E-state index contributed by atoms with van der Waals surface area (Å²) < 4.78 is 4.78. The fraction of sp³-hybridized carbons (Fsp3) is 0.400. The molecule has 0 fully saturated rings. The van der Waals surface area contributed by atoms with E-state index in [0.29, 0.717) is 6.61 Å². The molecule has 0 aliphatic heterocycles. The highest BCUT2D eigenvalue weighted by Crippen LogP contribution is 2.16. The molecule has 4 nitrogen and oxygen atoms in total. The lowest BCUT2D eigenvalue weighted by Crippen LogP contribution is -2.15. The van der Waals surface area contributed by atoms with Crippen molar-refractivity contribution in [2.45, 2.75) is 20.8 Å². The fourth-order valence-electron chi connectivity index (χ4n) is 1.15. The highest BCUT2D eigenvalue weighted by molar-refractivity contribution is 5.86. The number of pyridine rings is 1. The van der Waals surface area contributed by atoms with Gasteiger partial charge in [-0.05, 0) is 32.4 Å². The zero-order chi connectivity index (χ0) is 10.6. The van der Waals surface area contributed by atoms with Crippen LogP contribution in [0.15, 0.2) is 12.3 Å². The van der Waals surface area contributed by atoms with Gasteiger partial charge < -0.3 is 4.74 Å². The molecule has 1 N–H and O–H groups in total. The Kier molecular flexibility index (Phi) is 3.45. The van der Waals surface area contributed by atoms with Crippen molar-refractivity contribution in [3.63, 3.8) is 0 Å². The Morgan fingerprint density at radius 2 is 2.29 bits per heavy atom. The number of aryl methyl sites for hydroxylation is 2. The lowest BCUT2D eigenvalue weighted by molar-refractivity contribution is 0.168. The van der Waals surface area contributed by atoms with E-state index in [0.717, 1.165) is 16.9 Å². The summed E-state index contributed by atoms with van der Waals surface area (Å²) in [7, 11) is 0. The molecule has 14 heavy (non-hydrogen) atoms. The highest BCUT2D eigenvalue weighted by atomic mass is 16.5. The van der Waals surface area contributed by atoms with Crippen molar-refractivity contribution in [1.82, 2.24) is 4.98 Å². The van der Waals surface area contributed by atoms with Gasteiger partial charge in [0.1, 0.15) is 0 Å². The molecule has 0 unspecified atom stereocenters. The third kappa shape index (κ3) is 2.45. The van der Waals surface area contributed by atoms with E-state index in [1.807, 2.05) is 19.9 Å². The number of rotatable bonds is 2. The summed E-state index contributed by atoms with van der Waals surface area (Å²) in [5.41, 5.74) is 2.49. The fourth-order valence-corrected chi connectivity index (χ4v) is 1.15. The summed E-state index contributed by atoms with van der Waals surface area (Å²) in [4.78, 5) is 15.2. The molecule has 0 spiro atoms. The Morgan fingerprint density at radius 1 is 1.57 bits per heavy atom. The standard InChI is InChI=1S/C10H14N2O2/c1-4-14-10(13)12-9-7(2)5-6-11-8(9)3/h5-6H,4H2,1-3H3,(H,12,13). The van der Waals surface area contributed by atoms with Crippen molar-refractivity contribution in [3.8, 4) is 0 Å². The summed E-state index contributed by atoms with van der Waals surface area (Å²) in [6, 6.07) is 1.84. The van der Waals surface area contributed by atoms with E-state index in [2.05, 4.69) is 10.3 Å². The van der Waals surface area contributed by atoms with E-state index < -0.39 is 6.09 Å². The monoisotopic (exact) mass is 194 g/mol. The number of nitrogens with zero attached hydrogens (tertiary/aromatic N) is 1. The molecule has 1 aromatic rings. The van der Waals surface area contributed by atoms with Crippen molar-refractivity contribution in [1.29, 1.82) is 0 Å². The minimum atomic E-state index is -0.438. The number of hydrogen-bond donors (Lipinski definition) is 1. The average Bonchev–Trinajstić information content (AvgIpc) is 2.12. The van der Waals surface area contributed by atoms with Crippen LogP contribution in [0.1, 0.15) is 18.2 Å². The molecule has 1 amide bonds. The topological polar surface area (TPSA) is 51.2 Å². The number of aromatic nitrogens is 1. The lowest BCUT2D eigenvalue weighted by atomic mass is 10.2. The maximum absolute atomic E-state index is 11.2. The van der Waals surface area contributed by atoms with E-state index in [-0.39, 0.29) is 0 Å². The molecular weight excluding hydrogens is 180 g/mol. The second kappa shape index (κ2) is 4.60. The molecule has 0 aliphatic carbocycles. The molecule has 0 radical (unpaired) electrons. The van der Waals surface area contributed by atoms with Gasteiger partial charge >= 0.3 is 6.09 Å². The molecule has 1 rings (SSSR count). The van der Waals surface area contributed by atoms with Crippen molar-refractivity contribution < 1.29 is 9.53 Å². The number of anilines is 1. The van der Waals surface area contributed by atoms with Crippen molar-refractivity contribution in [2.24, 2.45) is 0 Å². The zero-order valence-corrected chi connectivity index (χ0v) is 8.63. The molecule has 0 aliphatic rings. The van der Waals surface area contributed by atoms with Gasteiger partial charge in [-0.2, -0.15) is 0 Å². The normalized spacial score (nSPS) is 9.64. The van der Waals surface area contributed by atoms with Crippen LogP contribution in [0.4, 0.5) is 10.5 Å². The second-order valence-corrected chi connectivity index (χ2v) is 2.93. The number of amides is 1. The van der Waals surface area contributed by atoms with Crippen LogP contribution < -0.4 is 5.32 Å².